The third-order valence-corrected chi connectivity index (χ3v) is 5.16. The molecule has 2 N–H and O–H groups in total. The van der Waals surface area contributed by atoms with Crippen LogP contribution in [0.3, 0.4) is 0 Å². The van der Waals surface area contributed by atoms with Crippen LogP contribution in [0.15, 0.2) is 30.3 Å². The second-order valence-electron chi connectivity index (χ2n) is 9.04. The summed E-state index contributed by atoms with van der Waals surface area (Å²) in [7, 11) is 1.56. The molecule has 1 aliphatic rings. The van der Waals surface area contributed by atoms with E-state index in [1.165, 1.54) is 0 Å². The van der Waals surface area contributed by atoms with Crippen molar-refractivity contribution in [1.29, 1.82) is 0 Å². The highest BCUT2D eigenvalue weighted by Crippen LogP contribution is 2.31. The molecule has 3 amide bonds. The Bertz CT molecular complexity index is 780. The normalized spacial score (nSPS) is 19.2. The van der Waals surface area contributed by atoms with Gasteiger partial charge in [0, 0.05) is 20.2 Å². The van der Waals surface area contributed by atoms with Crippen molar-refractivity contribution in [3.63, 3.8) is 0 Å². The summed E-state index contributed by atoms with van der Waals surface area (Å²) < 4.78 is 16.1. The van der Waals surface area contributed by atoms with Crippen LogP contribution >= 0.6 is 0 Å². The summed E-state index contributed by atoms with van der Waals surface area (Å²) in [6.45, 7) is 8.08. The van der Waals surface area contributed by atoms with Gasteiger partial charge in [-0.15, -0.1) is 0 Å². The second kappa shape index (κ2) is 11.2. The van der Waals surface area contributed by atoms with Gasteiger partial charge in [-0.3, -0.25) is 9.69 Å². The molecule has 0 unspecified atom stereocenters. The van der Waals surface area contributed by atoms with Gasteiger partial charge in [-0.05, 0) is 46.1 Å². The molecule has 1 aromatic carbocycles. The monoisotopic (exact) mass is 449 g/mol. The van der Waals surface area contributed by atoms with E-state index < -0.39 is 29.4 Å². The fourth-order valence-corrected chi connectivity index (χ4v) is 3.61. The molecule has 9 nitrogen and oxygen atoms in total. The molecular formula is C23H35N3O6. The number of nitrogens with zero attached hydrogens (tertiary/aromatic N) is 1. The molecule has 0 aliphatic carbocycles. The van der Waals surface area contributed by atoms with Gasteiger partial charge in [-0.25, -0.2) is 9.59 Å². The summed E-state index contributed by atoms with van der Waals surface area (Å²) in [4.78, 5) is 39.0. The molecule has 0 spiro atoms. The van der Waals surface area contributed by atoms with E-state index in [2.05, 4.69) is 10.6 Å². The van der Waals surface area contributed by atoms with E-state index >= 15 is 0 Å². The highest BCUT2D eigenvalue weighted by Gasteiger charge is 2.45. The van der Waals surface area contributed by atoms with Gasteiger partial charge < -0.3 is 24.8 Å². The minimum absolute atomic E-state index is 0.114. The van der Waals surface area contributed by atoms with Gasteiger partial charge >= 0.3 is 12.2 Å². The standard InChI is InChI=1S/C23H35N3O6/c1-17(25-20(28)31-14-18-10-7-6-8-11-18)19(27)24-15-23(16-30-5)12-9-13-26(23)21(29)32-22(2,3)4/h6-8,10-11,17H,9,12-16H2,1-5H3,(H,24,27)(H,25,28)/t17-,23-/m0/s1. The Labute approximate surface area is 189 Å². The molecule has 0 aromatic heterocycles. The first-order valence-electron chi connectivity index (χ1n) is 10.8. The molecule has 9 heteroatoms. The first-order valence-corrected chi connectivity index (χ1v) is 10.8. The molecule has 0 bridgehead atoms. The van der Waals surface area contributed by atoms with E-state index in [4.69, 9.17) is 14.2 Å². The van der Waals surface area contributed by atoms with Gasteiger partial charge in [0.15, 0.2) is 0 Å². The van der Waals surface area contributed by atoms with E-state index in [1.807, 2.05) is 51.1 Å². The molecule has 178 valence electrons. The lowest BCUT2D eigenvalue weighted by molar-refractivity contribution is -0.123. The highest BCUT2D eigenvalue weighted by atomic mass is 16.6. The third kappa shape index (κ3) is 7.40. The van der Waals surface area contributed by atoms with E-state index in [9.17, 15) is 14.4 Å². The number of hydrogen-bond acceptors (Lipinski definition) is 6. The Morgan fingerprint density at radius 2 is 1.88 bits per heavy atom. The van der Waals surface area contributed by atoms with Crippen LogP contribution in [0.4, 0.5) is 9.59 Å². The molecule has 2 atom stereocenters. The highest BCUT2D eigenvalue weighted by molar-refractivity contribution is 5.85. The van der Waals surface area contributed by atoms with Gasteiger partial charge in [-0.2, -0.15) is 0 Å². The van der Waals surface area contributed by atoms with Crippen molar-refractivity contribution >= 4 is 18.1 Å². The zero-order chi connectivity index (χ0) is 23.8. The largest absolute Gasteiger partial charge is 0.445 e. The van der Waals surface area contributed by atoms with Crippen LogP contribution in [0.5, 0.6) is 0 Å². The number of likely N-dealkylation sites (tertiary alicyclic amines) is 1. The maximum Gasteiger partial charge on any atom is 0.410 e. The topological polar surface area (TPSA) is 106 Å². The lowest BCUT2D eigenvalue weighted by Gasteiger charge is -2.39. The first-order chi connectivity index (χ1) is 15.1. The Morgan fingerprint density at radius 3 is 2.50 bits per heavy atom. The van der Waals surface area contributed by atoms with E-state index in [0.29, 0.717) is 13.0 Å². The number of benzene rings is 1. The van der Waals surface area contributed by atoms with Gasteiger partial charge in [0.1, 0.15) is 18.2 Å². The van der Waals surface area contributed by atoms with Crippen molar-refractivity contribution in [3.05, 3.63) is 35.9 Å². The number of alkyl carbamates (subject to hydrolysis) is 1. The molecule has 1 aliphatic heterocycles. The van der Waals surface area contributed by atoms with Crippen LogP contribution in [0.1, 0.15) is 46.1 Å². The maximum absolute atomic E-state index is 12.7. The molecule has 0 saturated carbocycles. The number of methoxy groups -OCH3 is 1. The van der Waals surface area contributed by atoms with Gasteiger partial charge in [0.25, 0.3) is 0 Å². The van der Waals surface area contributed by atoms with E-state index in [-0.39, 0.29) is 25.7 Å². The number of nitrogens with one attached hydrogen (secondary N) is 2. The SMILES string of the molecule is COC[C@@]1(CNC(=O)[C@H](C)NC(=O)OCc2ccccc2)CCCN1C(=O)OC(C)(C)C. The molecule has 32 heavy (non-hydrogen) atoms. The van der Waals surface area contributed by atoms with Crippen molar-refractivity contribution in [2.24, 2.45) is 0 Å². The second-order valence-corrected chi connectivity index (χ2v) is 9.04. The van der Waals surface area contributed by atoms with Crippen LogP contribution in [0.2, 0.25) is 0 Å². The van der Waals surface area contributed by atoms with E-state index in [0.717, 1.165) is 12.0 Å². The zero-order valence-electron chi connectivity index (χ0n) is 19.6. The first kappa shape index (κ1) is 25.5. The number of carbonyl (C=O) groups is 3. The number of carbonyl (C=O) groups excluding carboxylic acids is 3. The zero-order valence-corrected chi connectivity index (χ0v) is 19.6. The quantitative estimate of drug-likeness (QED) is 0.632. The molecule has 1 heterocycles. The van der Waals surface area contributed by atoms with Crippen molar-refractivity contribution in [2.45, 2.75) is 64.3 Å². The van der Waals surface area contributed by atoms with Crippen LogP contribution in [0.25, 0.3) is 0 Å². The number of ether oxygens (including phenoxy) is 3. The Morgan fingerprint density at radius 1 is 1.19 bits per heavy atom. The van der Waals surface area contributed by atoms with Crippen LogP contribution in [-0.2, 0) is 25.6 Å². The van der Waals surface area contributed by atoms with Gasteiger partial charge in [-0.1, -0.05) is 30.3 Å². The predicted molar refractivity (Wildman–Crippen MR) is 119 cm³/mol. The molecule has 2 rings (SSSR count). The van der Waals surface area contributed by atoms with Crippen molar-refractivity contribution in [3.8, 4) is 0 Å². The average Bonchev–Trinajstić information content (AvgIpc) is 3.14. The van der Waals surface area contributed by atoms with Gasteiger partial charge in [0.05, 0.1) is 12.1 Å². The summed E-state index contributed by atoms with van der Waals surface area (Å²) >= 11 is 0. The fraction of sp³-hybridized carbons (Fsp3) is 0.609. The predicted octanol–water partition coefficient (Wildman–Crippen LogP) is 2.83. The summed E-state index contributed by atoms with van der Waals surface area (Å²) in [6, 6.07) is 8.46. The van der Waals surface area contributed by atoms with Crippen molar-refractivity contribution in [1.82, 2.24) is 15.5 Å². The molecule has 1 fully saturated rings. The molecule has 0 radical (unpaired) electrons. The minimum atomic E-state index is -0.811. The summed E-state index contributed by atoms with van der Waals surface area (Å²) in [5.41, 5.74) is -0.481. The van der Waals surface area contributed by atoms with Crippen molar-refractivity contribution in [2.75, 3.05) is 26.8 Å². The van der Waals surface area contributed by atoms with Crippen LogP contribution in [-0.4, -0.2) is 67.0 Å². The summed E-state index contributed by atoms with van der Waals surface area (Å²) in [5.74, 6) is -0.381. The molecule has 1 saturated heterocycles. The lowest BCUT2D eigenvalue weighted by Crippen LogP contribution is -2.59. The van der Waals surface area contributed by atoms with Crippen LogP contribution < -0.4 is 10.6 Å². The number of hydrogen-bond donors (Lipinski definition) is 2. The number of amides is 3. The van der Waals surface area contributed by atoms with Crippen LogP contribution in [0, 0.1) is 0 Å². The van der Waals surface area contributed by atoms with Crippen molar-refractivity contribution < 1.29 is 28.6 Å². The smallest absolute Gasteiger partial charge is 0.410 e. The summed E-state index contributed by atoms with van der Waals surface area (Å²) in [6.07, 6.45) is 0.329. The Kier molecular flexibility index (Phi) is 8.89. The summed E-state index contributed by atoms with van der Waals surface area (Å²) in [5, 5.41) is 5.36. The molecule has 1 aromatic rings. The van der Waals surface area contributed by atoms with Gasteiger partial charge in [0.2, 0.25) is 5.91 Å². The Hall–Kier alpha value is -2.81. The fourth-order valence-electron chi connectivity index (χ4n) is 3.61. The lowest BCUT2D eigenvalue weighted by atomic mass is 9.97. The maximum atomic E-state index is 12.7. The average molecular weight is 450 g/mol. The Balaban J connectivity index is 1.90. The molecular weight excluding hydrogens is 414 g/mol. The van der Waals surface area contributed by atoms with E-state index in [1.54, 1.807) is 18.9 Å². The third-order valence-electron chi connectivity index (χ3n) is 5.16. The number of rotatable bonds is 8. The minimum Gasteiger partial charge on any atom is -0.445 e.